The van der Waals surface area contributed by atoms with Crippen LogP contribution >= 0.6 is 0 Å². The van der Waals surface area contributed by atoms with Gasteiger partial charge in [-0.05, 0) is 83.5 Å². The molecule has 0 aliphatic carbocycles. The monoisotopic (exact) mass is 723 g/mol. The Bertz CT molecular complexity index is 999. The third-order valence-corrected chi connectivity index (χ3v) is 8.67. The second-order valence-electron chi connectivity index (χ2n) is 13.7. The molecule has 1 N–H and O–H groups in total. The largest absolute Gasteiger partial charge is 0.462 e. The lowest BCUT2D eigenvalue weighted by Crippen LogP contribution is -2.28. The quantitative estimate of drug-likeness (QED) is 0.0393. The molecule has 5 nitrogen and oxygen atoms in total. The van der Waals surface area contributed by atoms with Crippen molar-refractivity contribution >= 4 is 11.9 Å². The van der Waals surface area contributed by atoms with Gasteiger partial charge in [0.1, 0.15) is 6.61 Å². The van der Waals surface area contributed by atoms with E-state index in [4.69, 9.17) is 9.47 Å². The molecular weight excluding hydrogens is 645 g/mol. The first kappa shape index (κ1) is 49.1. The standard InChI is InChI=1S/C47H78O5/c1-3-5-7-9-11-13-15-17-19-21-23-25-27-29-31-33-35-37-39-41-46(49)51-44-45(43-48)52-47(50)42-40-38-36-34-32-30-28-26-24-22-20-18-16-14-12-10-8-6-4-2/h11-14,17-20,24,26,30,32,36,38,45,48H,3-10,15-16,21-23,25,27-29,31,33-35,37,39-44H2,1-2H3/t45-/m0/s1. The third kappa shape index (κ3) is 39.9. The minimum absolute atomic E-state index is 0.102. The number of allylic oxidation sites excluding steroid dienone is 14. The van der Waals surface area contributed by atoms with Crippen LogP contribution in [0.15, 0.2) is 85.1 Å². The molecule has 0 aromatic rings. The molecule has 0 heterocycles. The van der Waals surface area contributed by atoms with E-state index in [2.05, 4.69) is 86.8 Å². The molecule has 5 heteroatoms. The van der Waals surface area contributed by atoms with Gasteiger partial charge in [-0.2, -0.15) is 0 Å². The van der Waals surface area contributed by atoms with Crippen molar-refractivity contribution in [2.45, 2.75) is 187 Å². The van der Waals surface area contributed by atoms with Gasteiger partial charge in [-0.15, -0.1) is 0 Å². The summed E-state index contributed by atoms with van der Waals surface area (Å²) in [5.41, 5.74) is 0. The topological polar surface area (TPSA) is 72.8 Å². The highest BCUT2D eigenvalue weighted by atomic mass is 16.6. The number of hydrogen-bond acceptors (Lipinski definition) is 5. The molecule has 0 unspecified atom stereocenters. The molecule has 0 aliphatic heterocycles. The molecule has 0 fully saturated rings. The first-order chi connectivity index (χ1) is 25.6. The summed E-state index contributed by atoms with van der Waals surface area (Å²) in [5, 5.41) is 9.56. The van der Waals surface area contributed by atoms with Crippen molar-refractivity contribution in [3.8, 4) is 0 Å². The highest BCUT2D eigenvalue weighted by molar-refractivity contribution is 5.70. The fourth-order valence-corrected chi connectivity index (χ4v) is 5.45. The molecule has 0 aliphatic rings. The lowest BCUT2D eigenvalue weighted by Gasteiger charge is -2.15. The van der Waals surface area contributed by atoms with E-state index < -0.39 is 12.1 Å². The highest BCUT2D eigenvalue weighted by Crippen LogP contribution is 2.12. The molecule has 0 saturated carbocycles. The molecule has 0 amide bonds. The normalized spacial score (nSPS) is 13.1. The second kappa shape index (κ2) is 42.5. The zero-order valence-electron chi connectivity index (χ0n) is 33.5. The maximum Gasteiger partial charge on any atom is 0.306 e. The maximum absolute atomic E-state index is 12.2. The van der Waals surface area contributed by atoms with E-state index in [1.807, 2.05) is 12.2 Å². The fourth-order valence-electron chi connectivity index (χ4n) is 5.45. The molecular formula is C47H78O5. The SMILES string of the molecule is CCCCCC=CCC=CCC=CCC=CCC=CCCC(=O)O[C@@H](CO)COC(=O)CCCCCCCCCCCC=CCC=CCCCCC. The van der Waals surface area contributed by atoms with Crippen LogP contribution in [0.3, 0.4) is 0 Å². The number of carbonyl (C=O) groups is 2. The van der Waals surface area contributed by atoms with Gasteiger partial charge in [0.2, 0.25) is 0 Å². The lowest BCUT2D eigenvalue weighted by molar-refractivity contribution is -0.161. The molecule has 0 saturated heterocycles. The molecule has 1 atom stereocenters. The van der Waals surface area contributed by atoms with Crippen LogP contribution < -0.4 is 0 Å². The molecule has 296 valence electrons. The Labute approximate surface area is 320 Å². The van der Waals surface area contributed by atoms with Gasteiger partial charge >= 0.3 is 11.9 Å². The number of ether oxygens (including phenoxy) is 2. The van der Waals surface area contributed by atoms with E-state index in [1.54, 1.807) is 0 Å². The Kier molecular flexibility index (Phi) is 40.1. The highest BCUT2D eigenvalue weighted by Gasteiger charge is 2.15. The fraction of sp³-hybridized carbons (Fsp3) is 0.660. The third-order valence-electron chi connectivity index (χ3n) is 8.67. The number of aliphatic hydroxyl groups is 1. The lowest BCUT2D eigenvalue weighted by atomic mass is 10.1. The molecule has 0 bridgehead atoms. The smallest absolute Gasteiger partial charge is 0.306 e. The number of carbonyl (C=O) groups excluding carboxylic acids is 2. The summed E-state index contributed by atoms with van der Waals surface area (Å²) in [6.07, 6.45) is 58.0. The number of aliphatic hydroxyl groups excluding tert-OH is 1. The van der Waals surface area contributed by atoms with Crippen LogP contribution in [-0.2, 0) is 19.1 Å². The molecule has 0 spiro atoms. The predicted octanol–water partition coefficient (Wildman–Crippen LogP) is 13.5. The summed E-state index contributed by atoms with van der Waals surface area (Å²) >= 11 is 0. The number of hydrogen-bond donors (Lipinski definition) is 1. The Hall–Kier alpha value is -2.92. The van der Waals surface area contributed by atoms with Gasteiger partial charge in [0, 0.05) is 12.8 Å². The van der Waals surface area contributed by atoms with Crippen molar-refractivity contribution < 1.29 is 24.2 Å². The average Bonchev–Trinajstić information content (AvgIpc) is 3.15. The van der Waals surface area contributed by atoms with E-state index in [1.165, 1.54) is 96.3 Å². The summed E-state index contributed by atoms with van der Waals surface area (Å²) in [6.45, 7) is 4.01. The first-order valence-corrected chi connectivity index (χ1v) is 21.1. The van der Waals surface area contributed by atoms with Gasteiger partial charge in [0.25, 0.3) is 0 Å². The maximum atomic E-state index is 12.2. The summed E-state index contributed by atoms with van der Waals surface area (Å²) in [4.78, 5) is 24.3. The summed E-state index contributed by atoms with van der Waals surface area (Å²) in [5.74, 6) is -0.697. The van der Waals surface area contributed by atoms with Crippen LogP contribution in [0.25, 0.3) is 0 Å². The van der Waals surface area contributed by atoms with Crippen LogP contribution in [0.5, 0.6) is 0 Å². The zero-order valence-corrected chi connectivity index (χ0v) is 33.5. The van der Waals surface area contributed by atoms with Crippen molar-refractivity contribution in [1.29, 1.82) is 0 Å². The van der Waals surface area contributed by atoms with Crippen LogP contribution in [0.1, 0.15) is 181 Å². The van der Waals surface area contributed by atoms with Gasteiger partial charge in [-0.3, -0.25) is 9.59 Å². The average molecular weight is 723 g/mol. The number of unbranched alkanes of at least 4 members (excludes halogenated alkanes) is 15. The van der Waals surface area contributed by atoms with Crippen molar-refractivity contribution in [1.82, 2.24) is 0 Å². The zero-order chi connectivity index (χ0) is 37.8. The van der Waals surface area contributed by atoms with E-state index in [-0.39, 0.29) is 25.6 Å². The Morgan fingerprint density at radius 1 is 0.442 bits per heavy atom. The molecule has 0 radical (unpaired) electrons. The second-order valence-corrected chi connectivity index (χ2v) is 13.7. The van der Waals surface area contributed by atoms with Crippen LogP contribution in [0.2, 0.25) is 0 Å². The molecule has 0 rings (SSSR count). The number of esters is 2. The van der Waals surface area contributed by atoms with E-state index in [9.17, 15) is 14.7 Å². The Morgan fingerprint density at radius 3 is 1.23 bits per heavy atom. The van der Waals surface area contributed by atoms with E-state index >= 15 is 0 Å². The van der Waals surface area contributed by atoms with Crippen LogP contribution in [0.4, 0.5) is 0 Å². The Balaban J connectivity index is 3.69. The van der Waals surface area contributed by atoms with Gasteiger partial charge < -0.3 is 14.6 Å². The van der Waals surface area contributed by atoms with Crippen molar-refractivity contribution in [3.63, 3.8) is 0 Å². The Morgan fingerprint density at radius 2 is 0.808 bits per heavy atom. The van der Waals surface area contributed by atoms with E-state index in [0.717, 1.165) is 51.4 Å². The minimum Gasteiger partial charge on any atom is -0.462 e. The van der Waals surface area contributed by atoms with Gasteiger partial charge in [0.15, 0.2) is 6.10 Å². The minimum atomic E-state index is -0.817. The van der Waals surface area contributed by atoms with Crippen LogP contribution in [0, 0.1) is 0 Å². The number of rotatable bonds is 37. The molecule has 52 heavy (non-hydrogen) atoms. The van der Waals surface area contributed by atoms with Crippen molar-refractivity contribution in [2.24, 2.45) is 0 Å². The predicted molar refractivity (Wildman–Crippen MR) is 223 cm³/mol. The van der Waals surface area contributed by atoms with Gasteiger partial charge in [0.05, 0.1) is 6.61 Å². The first-order valence-electron chi connectivity index (χ1n) is 21.1. The van der Waals surface area contributed by atoms with Gasteiger partial charge in [-0.25, -0.2) is 0 Å². The molecule has 0 aromatic carbocycles. The molecule has 0 aromatic heterocycles. The summed E-state index contributed by atoms with van der Waals surface area (Å²) < 4.78 is 10.6. The summed E-state index contributed by atoms with van der Waals surface area (Å²) in [6, 6.07) is 0. The van der Waals surface area contributed by atoms with Gasteiger partial charge in [-0.1, -0.05) is 170 Å². The van der Waals surface area contributed by atoms with Crippen molar-refractivity contribution in [3.05, 3.63) is 85.1 Å². The van der Waals surface area contributed by atoms with Crippen molar-refractivity contribution in [2.75, 3.05) is 13.2 Å². The van der Waals surface area contributed by atoms with E-state index in [0.29, 0.717) is 12.8 Å². The summed E-state index contributed by atoms with van der Waals surface area (Å²) in [7, 11) is 0. The van der Waals surface area contributed by atoms with Crippen LogP contribution in [-0.4, -0.2) is 36.4 Å².